The molecule has 1 N–H and O–H groups in total. The van der Waals surface area contributed by atoms with Crippen LogP contribution < -0.4 is 4.72 Å². The molecule has 0 aliphatic carbocycles. The van der Waals surface area contributed by atoms with Gasteiger partial charge in [-0.25, -0.2) is 13.1 Å². The summed E-state index contributed by atoms with van der Waals surface area (Å²) < 4.78 is 28.1. The van der Waals surface area contributed by atoms with Crippen molar-refractivity contribution in [2.75, 3.05) is 0 Å². The third kappa shape index (κ3) is 3.62. The first kappa shape index (κ1) is 16.0. The first-order valence-corrected chi connectivity index (χ1v) is 9.30. The van der Waals surface area contributed by atoms with Crippen LogP contribution in [0.3, 0.4) is 0 Å². The van der Waals surface area contributed by atoms with E-state index in [0.29, 0.717) is 0 Å². The molecular weight excluding hydrogens is 382 g/mol. The van der Waals surface area contributed by atoms with Crippen LogP contribution in [-0.2, 0) is 10.0 Å². The number of hydrogen-bond donors (Lipinski definition) is 1. The molecule has 0 amide bonds. The number of thiophene rings is 1. The fourth-order valence-electron chi connectivity index (χ4n) is 1.73. The molecule has 1 aromatic carbocycles. The zero-order valence-corrected chi connectivity index (χ0v) is 14.8. The van der Waals surface area contributed by atoms with Crippen LogP contribution in [0.4, 0.5) is 0 Å². The van der Waals surface area contributed by atoms with Crippen LogP contribution in [0, 0.1) is 6.92 Å². The summed E-state index contributed by atoms with van der Waals surface area (Å²) in [6.45, 7) is 3.80. The molecule has 7 heteroatoms. The van der Waals surface area contributed by atoms with E-state index < -0.39 is 10.0 Å². The van der Waals surface area contributed by atoms with Crippen LogP contribution in [0.1, 0.15) is 22.7 Å². The average Bonchev–Trinajstić information content (AvgIpc) is 2.74. The van der Waals surface area contributed by atoms with Gasteiger partial charge < -0.3 is 0 Å². The van der Waals surface area contributed by atoms with Gasteiger partial charge in [0, 0.05) is 14.2 Å². The van der Waals surface area contributed by atoms with E-state index in [0.717, 1.165) is 14.2 Å². The van der Waals surface area contributed by atoms with Crippen LogP contribution in [0.5, 0.6) is 0 Å². The van der Waals surface area contributed by atoms with Crippen molar-refractivity contribution >= 4 is 48.9 Å². The van der Waals surface area contributed by atoms with Crippen LogP contribution in [0.2, 0.25) is 5.02 Å². The third-order valence-corrected chi connectivity index (χ3v) is 6.40. The summed E-state index contributed by atoms with van der Waals surface area (Å²) in [7, 11) is -3.64. The zero-order valence-electron chi connectivity index (χ0n) is 10.9. The molecule has 1 aromatic heterocycles. The summed E-state index contributed by atoms with van der Waals surface area (Å²) in [6, 6.07) is 8.31. The monoisotopic (exact) mass is 393 g/mol. The summed E-state index contributed by atoms with van der Waals surface area (Å²) in [5.41, 5.74) is 0. The van der Waals surface area contributed by atoms with Crippen molar-refractivity contribution < 1.29 is 8.42 Å². The molecule has 0 aliphatic heterocycles. The second kappa shape index (κ2) is 6.15. The van der Waals surface area contributed by atoms with Crippen molar-refractivity contribution in [2.45, 2.75) is 24.8 Å². The van der Waals surface area contributed by atoms with E-state index in [9.17, 15) is 8.42 Å². The van der Waals surface area contributed by atoms with Gasteiger partial charge in [0.2, 0.25) is 10.0 Å². The smallest absolute Gasteiger partial charge is 0.207 e. The van der Waals surface area contributed by atoms with Crippen molar-refractivity contribution in [3.8, 4) is 0 Å². The quantitative estimate of drug-likeness (QED) is 0.829. The Labute approximate surface area is 136 Å². The van der Waals surface area contributed by atoms with Gasteiger partial charge in [-0.05, 0) is 44.2 Å². The van der Waals surface area contributed by atoms with Gasteiger partial charge in [-0.15, -0.1) is 11.3 Å². The molecule has 0 aliphatic rings. The summed E-state index contributed by atoms with van der Waals surface area (Å²) >= 11 is 10.8. The Morgan fingerprint density at radius 1 is 1.30 bits per heavy atom. The first-order chi connectivity index (χ1) is 9.29. The van der Waals surface area contributed by atoms with Gasteiger partial charge in [0.05, 0.1) is 11.1 Å². The summed E-state index contributed by atoms with van der Waals surface area (Å²) in [4.78, 5) is 2.20. The van der Waals surface area contributed by atoms with Gasteiger partial charge in [-0.2, -0.15) is 0 Å². The van der Waals surface area contributed by atoms with Crippen molar-refractivity contribution in [2.24, 2.45) is 0 Å². The van der Waals surface area contributed by atoms with E-state index in [4.69, 9.17) is 11.6 Å². The highest BCUT2D eigenvalue weighted by molar-refractivity contribution is 9.10. The lowest BCUT2D eigenvalue weighted by atomic mass is 10.3. The first-order valence-electron chi connectivity index (χ1n) is 5.83. The molecule has 0 radical (unpaired) electrons. The topological polar surface area (TPSA) is 46.2 Å². The molecule has 108 valence electrons. The highest BCUT2D eigenvalue weighted by Crippen LogP contribution is 2.28. The Hall–Kier alpha value is -0.400. The van der Waals surface area contributed by atoms with Crippen molar-refractivity contribution in [3.63, 3.8) is 0 Å². The van der Waals surface area contributed by atoms with E-state index in [1.54, 1.807) is 23.5 Å². The lowest BCUT2D eigenvalue weighted by Gasteiger charge is -2.13. The molecule has 0 fully saturated rings. The van der Waals surface area contributed by atoms with Crippen LogP contribution in [0.25, 0.3) is 0 Å². The Morgan fingerprint density at radius 2 is 2.00 bits per heavy atom. The summed E-state index contributed by atoms with van der Waals surface area (Å²) in [5, 5.41) is 0.196. The van der Waals surface area contributed by atoms with Crippen LogP contribution in [0.15, 0.2) is 39.7 Å². The minimum atomic E-state index is -3.64. The maximum atomic E-state index is 12.3. The molecule has 1 heterocycles. The van der Waals surface area contributed by atoms with E-state index >= 15 is 0 Å². The predicted molar refractivity (Wildman–Crippen MR) is 86.9 cm³/mol. The van der Waals surface area contributed by atoms with Gasteiger partial charge in [0.25, 0.3) is 0 Å². The number of nitrogens with one attached hydrogen (secondary N) is 1. The summed E-state index contributed by atoms with van der Waals surface area (Å²) in [6.07, 6.45) is 0. The SMILES string of the molecule is Cc1ccc(C(C)NS(=O)(=O)c2ccc(Br)cc2Cl)s1. The highest BCUT2D eigenvalue weighted by atomic mass is 79.9. The molecule has 2 aromatic rings. The molecular formula is C13H13BrClNO2S2. The Kier molecular flexibility index (Phi) is 4.92. The second-order valence-electron chi connectivity index (χ2n) is 4.37. The molecule has 0 spiro atoms. The van der Waals surface area contributed by atoms with E-state index in [1.807, 2.05) is 26.0 Å². The predicted octanol–water partition coefficient (Wildman–Crippen LogP) is 4.51. The fraction of sp³-hybridized carbons (Fsp3) is 0.231. The Morgan fingerprint density at radius 3 is 2.55 bits per heavy atom. The number of hydrogen-bond acceptors (Lipinski definition) is 3. The lowest BCUT2D eigenvalue weighted by molar-refractivity contribution is 0.568. The fourth-order valence-corrected chi connectivity index (χ4v) is 4.95. The number of rotatable bonds is 4. The molecule has 1 unspecified atom stereocenters. The number of sulfonamides is 1. The minimum Gasteiger partial charge on any atom is -0.207 e. The number of halogens is 2. The van der Waals surface area contributed by atoms with E-state index in [-0.39, 0.29) is 16.0 Å². The molecule has 1 atom stereocenters. The average molecular weight is 395 g/mol. The molecule has 2 rings (SSSR count). The van der Waals surface area contributed by atoms with Gasteiger partial charge in [-0.1, -0.05) is 27.5 Å². The maximum Gasteiger partial charge on any atom is 0.242 e. The van der Waals surface area contributed by atoms with E-state index in [2.05, 4.69) is 20.7 Å². The van der Waals surface area contributed by atoms with Gasteiger partial charge in [0.1, 0.15) is 4.90 Å². The standard InChI is InChI=1S/C13H13BrClNO2S2/c1-8-3-5-12(19-8)9(2)16-20(17,18)13-6-4-10(14)7-11(13)15/h3-7,9,16H,1-2H3. The van der Waals surface area contributed by atoms with Crippen molar-refractivity contribution in [1.29, 1.82) is 0 Å². The minimum absolute atomic E-state index is 0.0856. The zero-order chi connectivity index (χ0) is 14.9. The lowest BCUT2D eigenvalue weighted by Crippen LogP contribution is -2.26. The summed E-state index contributed by atoms with van der Waals surface area (Å²) in [5.74, 6) is 0. The molecule has 20 heavy (non-hydrogen) atoms. The largest absolute Gasteiger partial charge is 0.242 e. The molecule has 0 saturated carbocycles. The second-order valence-corrected chi connectivity index (χ2v) is 8.69. The third-order valence-electron chi connectivity index (χ3n) is 2.70. The maximum absolute atomic E-state index is 12.3. The molecule has 0 saturated heterocycles. The van der Waals surface area contributed by atoms with Gasteiger partial charge >= 0.3 is 0 Å². The van der Waals surface area contributed by atoms with Crippen LogP contribution >= 0.6 is 38.9 Å². The Bertz CT molecular complexity index is 728. The molecule has 0 bridgehead atoms. The Balaban J connectivity index is 2.27. The highest BCUT2D eigenvalue weighted by Gasteiger charge is 2.21. The van der Waals surface area contributed by atoms with Gasteiger partial charge in [0.15, 0.2) is 0 Å². The van der Waals surface area contributed by atoms with Crippen molar-refractivity contribution in [1.82, 2.24) is 4.72 Å². The normalized spacial score (nSPS) is 13.4. The van der Waals surface area contributed by atoms with E-state index in [1.165, 1.54) is 6.07 Å². The van der Waals surface area contributed by atoms with Crippen LogP contribution in [-0.4, -0.2) is 8.42 Å². The van der Waals surface area contributed by atoms with Gasteiger partial charge in [-0.3, -0.25) is 0 Å². The van der Waals surface area contributed by atoms with Crippen molar-refractivity contribution in [3.05, 3.63) is 49.6 Å². The number of benzene rings is 1. The molecule has 3 nitrogen and oxygen atoms in total. The number of aryl methyl sites for hydroxylation is 1.